The number of hydrogen-bond donors (Lipinski definition) is 1. The number of thioether (sulfide) groups is 1. The van der Waals surface area contributed by atoms with Crippen molar-refractivity contribution in [1.82, 2.24) is 10.2 Å². The highest BCUT2D eigenvalue weighted by Crippen LogP contribution is 2.18. The maximum absolute atomic E-state index is 12.2. The van der Waals surface area contributed by atoms with E-state index in [9.17, 15) is 9.59 Å². The molecule has 4 nitrogen and oxygen atoms in total. The number of rotatable bonds is 6. The number of nitrogens with zero attached hydrogens (tertiary/aromatic N) is 1. The van der Waals surface area contributed by atoms with Gasteiger partial charge in [0.2, 0.25) is 11.8 Å². The summed E-state index contributed by atoms with van der Waals surface area (Å²) >= 11 is 1.84. The Morgan fingerprint density at radius 1 is 1.22 bits per heavy atom. The Kier molecular flexibility index (Phi) is 6.96. The number of piperidine rings is 1. The summed E-state index contributed by atoms with van der Waals surface area (Å²) in [5, 5.41) is 3.04. The van der Waals surface area contributed by atoms with E-state index in [1.807, 2.05) is 16.7 Å². The third-order valence-corrected chi connectivity index (χ3v) is 5.15. The van der Waals surface area contributed by atoms with Crippen LogP contribution in [0.5, 0.6) is 0 Å². The summed E-state index contributed by atoms with van der Waals surface area (Å²) in [6.07, 6.45) is 2.40. The van der Waals surface area contributed by atoms with Gasteiger partial charge < -0.3 is 10.2 Å². The van der Waals surface area contributed by atoms with Crippen molar-refractivity contribution in [1.29, 1.82) is 0 Å². The molecule has 0 aromatic heterocycles. The minimum Gasteiger partial charge on any atom is -0.356 e. The van der Waals surface area contributed by atoms with E-state index < -0.39 is 0 Å². The highest BCUT2D eigenvalue weighted by molar-refractivity contribution is 7.99. The number of benzene rings is 1. The van der Waals surface area contributed by atoms with E-state index in [4.69, 9.17) is 0 Å². The fourth-order valence-corrected chi connectivity index (χ4v) is 3.51. The van der Waals surface area contributed by atoms with E-state index in [-0.39, 0.29) is 17.7 Å². The fourth-order valence-electron chi connectivity index (χ4n) is 2.85. The van der Waals surface area contributed by atoms with Crippen molar-refractivity contribution in [3.63, 3.8) is 0 Å². The molecule has 1 aromatic carbocycles. The molecule has 1 aromatic rings. The second-order valence-corrected chi connectivity index (χ2v) is 7.24. The molecule has 2 amide bonds. The van der Waals surface area contributed by atoms with Crippen LogP contribution < -0.4 is 5.32 Å². The predicted molar refractivity (Wildman–Crippen MR) is 94.5 cm³/mol. The van der Waals surface area contributed by atoms with Gasteiger partial charge in [0.15, 0.2) is 0 Å². The largest absolute Gasteiger partial charge is 0.356 e. The van der Waals surface area contributed by atoms with Crippen LogP contribution in [-0.2, 0) is 16.0 Å². The van der Waals surface area contributed by atoms with Crippen molar-refractivity contribution in [3.05, 3.63) is 29.8 Å². The smallest absolute Gasteiger partial charge is 0.223 e. The summed E-state index contributed by atoms with van der Waals surface area (Å²) in [5.41, 5.74) is 1.25. The predicted octanol–water partition coefficient (Wildman–Crippen LogP) is 2.72. The first kappa shape index (κ1) is 17.9. The molecule has 126 valence electrons. The van der Waals surface area contributed by atoms with E-state index in [2.05, 4.69) is 36.5 Å². The molecule has 1 fully saturated rings. The lowest BCUT2D eigenvalue weighted by Gasteiger charge is -2.30. The van der Waals surface area contributed by atoms with Crippen LogP contribution in [0, 0.1) is 5.92 Å². The Hall–Kier alpha value is -1.49. The number of amides is 2. The zero-order valence-electron chi connectivity index (χ0n) is 14.0. The third-order valence-electron chi connectivity index (χ3n) is 4.26. The van der Waals surface area contributed by atoms with E-state index >= 15 is 0 Å². The topological polar surface area (TPSA) is 49.4 Å². The van der Waals surface area contributed by atoms with Gasteiger partial charge in [0.1, 0.15) is 0 Å². The number of carbonyl (C=O) groups is 2. The van der Waals surface area contributed by atoms with E-state index in [1.165, 1.54) is 10.5 Å². The number of nitrogens with one attached hydrogen (secondary N) is 1. The van der Waals surface area contributed by atoms with E-state index in [0.717, 1.165) is 25.0 Å². The van der Waals surface area contributed by atoms with Crippen molar-refractivity contribution < 1.29 is 9.59 Å². The monoisotopic (exact) mass is 334 g/mol. The molecular weight excluding hydrogens is 308 g/mol. The highest BCUT2D eigenvalue weighted by Gasteiger charge is 2.25. The number of likely N-dealkylation sites (tertiary alicyclic amines) is 1. The molecule has 1 N–H and O–H groups in total. The number of hydrogen-bond acceptors (Lipinski definition) is 3. The van der Waals surface area contributed by atoms with Crippen LogP contribution in [0.2, 0.25) is 0 Å². The van der Waals surface area contributed by atoms with Crippen LogP contribution >= 0.6 is 11.8 Å². The Balaban J connectivity index is 1.69. The SMILES string of the molecule is CCSc1ccc(CCNC(=O)C2CCN(C(C)=O)CC2)cc1. The maximum Gasteiger partial charge on any atom is 0.223 e. The summed E-state index contributed by atoms with van der Waals surface area (Å²) in [5.74, 6) is 1.37. The molecule has 2 rings (SSSR count). The van der Waals surface area contributed by atoms with Crippen LogP contribution in [-0.4, -0.2) is 42.1 Å². The second kappa shape index (κ2) is 8.96. The standard InChI is InChI=1S/C18H26N2O2S/c1-3-23-17-6-4-15(5-7-17)8-11-19-18(22)16-9-12-20(13-10-16)14(2)21/h4-7,16H,3,8-13H2,1-2H3,(H,19,22). The van der Waals surface area contributed by atoms with E-state index in [1.54, 1.807) is 6.92 Å². The summed E-state index contributed by atoms with van der Waals surface area (Å²) in [6, 6.07) is 8.55. The second-order valence-electron chi connectivity index (χ2n) is 5.90. The quantitative estimate of drug-likeness (QED) is 0.814. The Bertz CT molecular complexity index is 522. The first-order valence-electron chi connectivity index (χ1n) is 8.35. The lowest BCUT2D eigenvalue weighted by atomic mass is 9.96. The van der Waals surface area contributed by atoms with Gasteiger partial charge >= 0.3 is 0 Å². The molecule has 0 atom stereocenters. The Labute approximate surface area is 143 Å². The van der Waals surface area contributed by atoms with Gasteiger partial charge in [-0.25, -0.2) is 0 Å². The first-order valence-corrected chi connectivity index (χ1v) is 9.33. The fraction of sp³-hybridized carbons (Fsp3) is 0.556. The molecule has 0 aliphatic carbocycles. The van der Waals surface area contributed by atoms with Gasteiger partial charge in [0.25, 0.3) is 0 Å². The molecule has 0 bridgehead atoms. The molecular formula is C18H26N2O2S. The first-order chi connectivity index (χ1) is 11.1. The Morgan fingerprint density at radius 2 is 1.87 bits per heavy atom. The summed E-state index contributed by atoms with van der Waals surface area (Å²) in [6.45, 7) is 5.81. The maximum atomic E-state index is 12.2. The van der Waals surface area contributed by atoms with Crippen molar-refractivity contribution >= 4 is 23.6 Å². The van der Waals surface area contributed by atoms with Crippen molar-refractivity contribution in [2.75, 3.05) is 25.4 Å². The van der Waals surface area contributed by atoms with Gasteiger partial charge in [0, 0.05) is 37.4 Å². The van der Waals surface area contributed by atoms with Crippen LogP contribution in [0.15, 0.2) is 29.2 Å². The molecule has 0 saturated carbocycles. The lowest BCUT2D eigenvalue weighted by molar-refractivity contribution is -0.133. The van der Waals surface area contributed by atoms with Gasteiger partial charge in [-0.2, -0.15) is 0 Å². The van der Waals surface area contributed by atoms with Crippen LogP contribution in [0.4, 0.5) is 0 Å². The zero-order valence-corrected chi connectivity index (χ0v) is 14.8. The molecule has 5 heteroatoms. The normalized spacial score (nSPS) is 15.5. The molecule has 1 aliphatic rings. The zero-order chi connectivity index (χ0) is 16.7. The van der Waals surface area contributed by atoms with Gasteiger partial charge in [-0.1, -0.05) is 19.1 Å². The average molecular weight is 334 g/mol. The average Bonchev–Trinajstić information content (AvgIpc) is 2.56. The minimum absolute atomic E-state index is 0.0499. The van der Waals surface area contributed by atoms with Crippen molar-refractivity contribution in [2.45, 2.75) is 38.0 Å². The molecule has 23 heavy (non-hydrogen) atoms. The molecule has 1 saturated heterocycles. The highest BCUT2D eigenvalue weighted by atomic mass is 32.2. The molecule has 1 heterocycles. The van der Waals surface area contributed by atoms with Gasteiger partial charge in [-0.05, 0) is 42.7 Å². The Morgan fingerprint density at radius 3 is 2.43 bits per heavy atom. The molecule has 0 unspecified atom stereocenters. The summed E-state index contributed by atoms with van der Waals surface area (Å²) < 4.78 is 0. The molecule has 0 spiro atoms. The summed E-state index contributed by atoms with van der Waals surface area (Å²) in [7, 11) is 0. The van der Waals surface area contributed by atoms with Gasteiger partial charge in [-0.3, -0.25) is 9.59 Å². The third kappa shape index (κ3) is 5.57. The van der Waals surface area contributed by atoms with Crippen LogP contribution in [0.1, 0.15) is 32.3 Å². The lowest BCUT2D eigenvalue weighted by Crippen LogP contribution is -2.42. The van der Waals surface area contributed by atoms with Crippen LogP contribution in [0.25, 0.3) is 0 Å². The van der Waals surface area contributed by atoms with Gasteiger partial charge in [0.05, 0.1) is 0 Å². The summed E-state index contributed by atoms with van der Waals surface area (Å²) in [4.78, 5) is 26.6. The van der Waals surface area contributed by atoms with Crippen LogP contribution in [0.3, 0.4) is 0 Å². The molecule has 1 aliphatic heterocycles. The van der Waals surface area contributed by atoms with Crippen molar-refractivity contribution in [3.8, 4) is 0 Å². The minimum atomic E-state index is 0.0499. The molecule has 0 radical (unpaired) electrons. The number of carbonyl (C=O) groups excluding carboxylic acids is 2. The van der Waals surface area contributed by atoms with Crippen molar-refractivity contribution in [2.24, 2.45) is 5.92 Å². The van der Waals surface area contributed by atoms with E-state index in [0.29, 0.717) is 19.6 Å². The van der Waals surface area contributed by atoms with Gasteiger partial charge in [-0.15, -0.1) is 11.8 Å².